The number of para-hydroxylation sites is 1. The minimum absolute atomic E-state index is 0.0131. The number of phenols is 1. The van der Waals surface area contributed by atoms with E-state index < -0.39 is 6.03 Å². The van der Waals surface area contributed by atoms with Crippen molar-refractivity contribution in [3.8, 4) is 16.3 Å². The van der Waals surface area contributed by atoms with Gasteiger partial charge in [0.25, 0.3) is 0 Å². The number of carbonyl (C=O) groups excluding carboxylic acids is 2. The van der Waals surface area contributed by atoms with Gasteiger partial charge in [0.2, 0.25) is 5.12 Å². The van der Waals surface area contributed by atoms with Crippen molar-refractivity contribution in [2.45, 2.75) is 0 Å². The maximum absolute atomic E-state index is 12.0. The van der Waals surface area contributed by atoms with E-state index in [4.69, 9.17) is 0 Å². The van der Waals surface area contributed by atoms with Crippen LogP contribution in [0.2, 0.25) is 0 Å². The van der Waals surface area contributed by atoms with Gasteiger partial charge >= 0.3 is 6.03 Å². The third-order valence-electron chi connectivity index (χ3n) is 3.74. The largest absolute Gasteiger partial charge is 0.507 e. The van der Waals surface area contributed by atoms with Crippen LogP contribution < -0.4 is 10.0 Å². The van der Waals surface area contributed by atoms with Gasteiger partial charge in [-0.2, -0.15) is 0 Å². The van der Waals surface area contributed by atoms with Crippen molar-refractivity contribution in [1.29, 1.82) is 0 Å². The summed E-state index contributed by atoms with van der Waals surface area (Å²) in [5, 5.41) is 15.2. The van der Waals surface area contributed by atoms with E-state index in [0.717, 1.165) is 10.2 Å². The molecule has 2 aromatic carbocycles. The molecule has 0 saturated heterocycles. The molecule has 0 aliphatic heterocycles. The Morgan fingerprint density at radius 3 is 2.68 bits per heavy atom. The van der Waals surface area contributed by atoms with Gasteiger partial charge < -0.3 is 10.4 Å². The summed E-state index contributed by atoms with van der Waals surface area (Å²) >= 11 is 3.50. The number of thiazole rings is 1. The van der Waals surface area contributed by atoms with Gasteiger partial charge in [-0.05, 0) is 35.7 Å². The Balaban J connectivity index is 1.42. The molecular weight excluding hydrogens is 414 g/mol. The average Bonchev–Trinajstić information content (AvgIpc) is 3.36. The number of aromatic hydroxyl groups is 1. The Bertz CT molecular complexity index is 1120. The fraction of sp³-hybridized carbons (Fsp3) is 0. The first-order chi connectivity index (χ1) is 13.6. The molecule has 0 aliphatic carbocycles. The minimum atomic E-state index is -0.554. The summed E-state index contributed by atoms with van der Waals surface area (Å²) in [5.74, 6) is 0.0131. The molecule has 0 saturated carbocycles. The van der Waals surface area contributed by atoms with E-state index in [1.807, 2.05) is 24.3 Å². The third-order valence-corrected chi connectivity index (χ3v) is 6.50. The number of phenolic OH excluding ortho intramolecular Hbond substituents is 1. The number of aromatic nitrogens is 1. The van der Waals surface area contributed by atoms with Gasteiger partial charge in [-0.3, -0.25) is 9.52 Å². The number of fused-ring (bicyclic) bond motifs is 1. The molecule has 6 nitrogen and oxygen atoms in total. The van der Waals surface area contributed by atoms with Crippen LogP contribution in [0.5, 0.6) is 5.75 Å². The Morgan fingerprint density at radius 1 is 1.07 bits per heavy atom. The zero-order valence-corrected chi connectivity index (χ0v) is 16.7. The van der Waals surface area contributed by atoms with Crippen LogP contribution in [-0.4, -0.2) is 21.2 Å². The van der Waals surface area contributed by atoms with Crippen molar-refractivity contribution >= 4 is 61.7 Å². The summed E-state index contributed by atoms with van der Waals surface area (Å²) in [5.41, 5.74) is 1.87. The molecule has 4 aromatic rings. The number of amides is 2. The second-order valence-corrected chi connectivity index (χ2v) is 8.40. The molecule has 4 rings (SSSR count). The van der Waals surface area contributed by atoms with E-state index in [2.05, 4.69) is 15.0 Å². The normalized spacial score (nSPS) is 10.7. The Hall–Kier alpha value is -2.88. The highest BCUT2D eigenvalue weighted by Gasteiger charge is 2.13. The predicted octanol–water partition coefficient (Wildman–Crippen LogP) is 5.34. The summed E-state index contributed by atoms with van der Waals surface area (Å²) in [6.07, 6.45) is 0. The summed E-state index contributed by atoms with van der Waals surface area (Å²) < 4.78 is 3.47. The van der Waals surface area contributed by atoms with Gasteiger partial charge in [0.1, 0.15) is 10.8 Å². The molecule has 0 bridgehead atoms. The Morgan fingerprint density at radius 2 is 1.93 bits per heavy atom. The zero-order chi connectivity index (χ0) is 19.5. The smallest absolute Gasteiger partial charge is 0.329 e. The lowest BCUT2D eigenvalue weighted by molar-refractivity contribution is 0.109. The number of rotatable bonds is 3. The van der Waals surface area contributed by atoms with Crippen LogP contribution in [0.1, 0.15) is 9.67 Å². The summed E-state index contributed by atoms with van der Waals surface area (Å²) in [6.45, 7) is 0. The van der Waals surface area contributed by atoms with Crippen LogP contribution in [0.3, 0.4) is 0 Å². The van der Waals surface area contributed by atoms with Crippen LogP contribution in [-0.2, 0) is 0 Å². The highest BCUT2D eigenvalue weighted by atomic mass is 32.2. The first-order valence-electron chi connectivity index (χ1n) is 8.11. The molecular formula is C19H13N3O3S3. The van der Waals surface area contributed by atoms with Crippen molar-refractivity contribution in [2.75, 3.05) is 5.32 Å². The first-order valence-corrected chi connectivity index (χ1v) is 10.6. The standard InChI is InChI=1S/C19H13N3O3S3/c23-14-10-11(20-19(25)22-28-18(24)16-6-3-9-26-16)7-8-12(14)17-21-13-4-1-2-5-15(13)27-17/h1-10,23H,(H2,20,22,25). The minimum Gasteiger partial charge on any atom is -0.507 e. The molecule has 0 aliphatic rings. The molecule has 140 valence electrons. The van der Waals surface area contributed by atoms with Gasteiger partial charge in [-0.1, -0.05) is 18.2 Å². The summed E-state index contributed by atoms with van der Waals surface area (Å²) in [6, 6.07) is 15.5. The van der Waals surface area contributed by atoms with Crippen LogP contribution in [0, 0.1) is 0 Å². The average molecular weight is 428 g/mol. The number of anilines is 1. The van der Waals surface area contributed by atoms with E-state index in [1.54, 1.807) is 29.6 Å². The first kappa shape index (κ1) is 18.5. The molecule has 0 unspecified atom stereocenters. The van der Waals surface area contributed by atoms with Crippen LogP contribution in [0.25, 0.3) is 20.8 Å². The highest BCUT2D eigenvalue weighted by molar-refractivity contribution is 8.13. The third kappa shape index (κ3) is 4.01. The molecule has 2 amide bonds. The zero-order valence-electron chi connectivity index (χ0n) is 14.2. The SMILES string of the molecule is O=C(NSC(=O)c1cccs1)Nc1ccc(-c2nc3ccccc3s2)c(O)c1. The number of carbonyl (C=O) groups is 2. The Labute approximate surface area is 172 Å². The lowest BCUT2D eigenvalue weighted by Crippen LogP contribution is -2.24. The monoisotopic (exact) mass is 427 g/mol. The molecule has 0 spiro atoms. The number of nitrogens with one attached hydrogen (secondary N) is 2. The van der Waals surface area contributed by atoms with Gasteiger partial charge in [0.05, 0.1) is 20.7 Å². The predicted molar refractivity (Wildman–Crippen MR) is 115 cm³/mol. The topological polar surface area (TPSA) is 91.3 Å². The quantitative estimate of drug-likeness (QED) is 0.384. The fourth-order valence-corrected chi connectivity index (χ4v) is 4.70. The van der Waals surface area contributed by atoms with E-state index in [0.29, 0.717) is 33.1 Å². The fourth-order valence-electron chi connectivity index (χ4n) is 2.47. The molecule has 2 heterocycles. The maximum atomic E-state index is 12.0. The van der Waals surface area contributed by atoms with Crippen molar-refractivity contribution in [1.82, 2.24) is 9.71 Å². The van der Waals surface area contributed by atoms with Crippen LogP contribution >= 0.6 is 34.6 Å². The van der Waals surface area contributed by atoms with Gasteiger partial charge in [-0.15, -0.1) is 22.7 Å². The molecule has 0 atom stereocenters. The number of hydrogen-bond donors (Lipinski definition) is 3. The molecule has 3 N–H and O–H groups in total. The van der Waals surface area contributed by atoms with Gasteiger partial charge in [-0.25, -0.2) is 9.78 Å². The van der Waals surface area contributed by atoms with Gasteiger partial charge in [0, 0.05) is 23.7 Å². The molecule has 2 aromatic heterocycles. The lowest BCUT2D eigenvalue weighted by atomic mass is 10.2. The summed E-state index contributed by atoms with van der Waals surface area (Å²) in [7, 11) is 0. The number of urea groups is 1. The Kier molecular flexibility index (Phi) is 5.29. The number of benzene rings is 2. The number of thiophene rings is 1. The number of hydrogen-bond acceptors (Lipinski definition) is 7. The molecule has 0 radical (unpaired) electrons. The molecule has 28 heavy (non-hydrogen) atoms. The van der Waals surface area contributed by atoms with E-state index in [-0.39, 0.29) is 10.9 Å². The lowest BCUT2D eigenvalue weighted by Gasteiger charge is -2.08. The van der Waals surface area contributed by atoms with Crippen molar-refractivity contribution in [3.05, 3.63) is 64.9 Å². The molecule has 9 heteroatoms. The summed E-state index contributed by atoms with van der Waals surface area (Å²) in [4.78, 5) is 28.9. The van der Waals surface area contributed by atoms with Crippen molar-refractivity contribution in [3.63, 3.8) is 0 Å². The highest BCUT2D eigenvalue weighted by Crippen LogP contribution is 2.36. The van der Waals surface area contributed by atoms with Crippen LogP contribution in [0.4, 0.5) is 10.5 Å². The van der Waals surface area contributed by atoms with E-state index >= 15 is 0 Å². The second kappa shape index (κ2) is 8.01. The molecule has 0 fully saturated rings. The second-order valence-electron chi connectivity index (χ2n) is 5.64. The maximum Gasteiger partial charge on any atom is 0.329 e. The van der Waals surface area contributed by atoms with E-state index in [1.165, 1.54) is 28.7 Å². The van der Waals surface area contributed by atoms with Gasteiger partial charge in [0.15, 0.2) is 0 Å². The van der Waals surface area contributed by atoms with Crippen molar-refractivity contribution in [2.24, 2.45) is 0 Å². The van der Waals surface area contributed by atoms with Crippen LogP contribution in [0.15, 0.2) is 60.0 Å². The van der Waals surface area contributed by atoms with E-state index in [9.17, 15) is 14.7 Å². The number of nitrogens with zero attached hydrogens (tertiary/aromatic N) is 1. The van der Waals surface area contributed by atoms with Crippen molar-refractivity contribution < 1.29 is 14.7 Å².